The first-order chi connectivity index (χ1) is 4.74. The third-order valence-corrected chi connectivity index (χ3v) is 2.38. The van der Waals surface area contributed by atoms with Gasteiger partial charge in [0.2, 0.25) is 0 Å². The Bertz CT molecular complexity index is 148. The van der Waals surface area contributed by atoms with E-state index < -0.39 is 0 Å². The highest BCUT2D eigenvalue weighted by Gasteiger charge is 2.21. The second kappa shape index (κ2) is 3.03. The fourth-order valence-corrected chi connectivity index (χ4v) is 1.39. The fraction of sp³-hybridized carbons (Fsp3) is 0.875. The van der Waals surface area contributed by atoms with Gasteiger partial charge in [-0.2, -0.15) is 5.26 Å². The molecule has 2 heteroatoms. The van der Waals surface area contributed by atoms with Crippen LogP contribution in [0.4, 0.5) is 0 Å². The lowest BCUT2D eigenvalue weighted by molar-refractivity contribution is 0.173. The van der Waals surface area contributed by atoms with Gasteiger partial charge >= 0.3 is 0 Å². The van der Waals surface area contributed by atoms with Crippen molar-refractivity contribution < 1.29 is 0 Å². The molecule has 1 saturated heterocycles. The van der Waals surface area contributed by atoms with Gasteiger partial charge in [0.05, 0.1) is 12.0 Å². The number of nitriles is 1. The average Bonchev–Trinajstić information content (AvgIpc) is 1.95. The maximum Gasteiger partial charge on any atom is 0.0669 e. The van der Waals surface area contributed by atoms with E-state index >= 15 is 0 Å². The Hall–Kier alpha value is -0.550. The van der Waals surface area contributed by atoms with Crippen molar-refractivity contribution in [1.82, 2.24) is 4.90 Å². The van der Waals surface area contributed by atoms with Crippen molar-refractivity contribution >= 4 is 0 Å². The van der Waals surface area contributed by atoms with Crippen molar-refractivity contribution in [3.63, 3.8) is 0 Å². The van der Waals surface area contributed by atoms with E-state index in [9.17, 15) is 0 Å². The zero-order valence-corrected chi connectivity index (χ0v) is 6.67. The summed E-state index contributed by atoms with van der Waals surface area (Å²) in [7, 11) is 2.09. The lowest BCUT2D eigenvalue weighted by Gasteiger charge is -2.32. The minimum atomic E-state index is 0.279. The molecule has 0 aromatic carbocycles. The van der Waals surface area contributed by atoms with Gasteiger partial charge in [0.25, 0.3) is 0 Å². The Morgan fingerprint density at radius 2 is 2.20 bits per heavy atom. The van der Waals surface area contributed by atoms with E-state index in [1.807, 2.05) is 0 Å². The Labute approximate surface area is 62.4 Å². The van der Waals surface area contributed by atoms with Crippen molar-refractivity contribution in [2.75, 3.05) is 13.6 Å². The molecule has 0 unspecified atom stereocenters. The minimum absolute atomic E-state index is 0.279. The van der Waals surface area contributed by atoms with Crippen LogP contribution in [-0.4, -0.2) is 24.5 Å². The molecule has 10 heavy (non-hydrogen) atoms. The van der Waals surface area contributed by atoms with Crippen molar-refractivity contribution in [3.8, 4) is 6.07 Å². The van der Waals surface area contributed by atoms with E-state index in [0.717, 1.165) is 13.0 Å². The third kappa shape index (κ3) is 1.48. The summed E-state index contributed by atoms with van der Waals surface area (Å²) in [5.41, 5.74) is 0. The van der Waals surface area contributed by atoms with Crippen LogP contribution in [0.2, 0.25) is 0 Å². The molecule has 0 bridgehead atoms. The molecule has 0 aromatic heterocycles. The quantitative estimate of drug-likeness (QED) is 0.503. The average molecular weight is 138 g/mol. The molecule has 2 atom stereocenters. The summed E-state index contributed by atoms with van der Waals surface area (Å²) in [6.07, 6.45) is 2.26. The molecule has 0 saturated carbocycles. The van der Waals surface area contributed by atoms with E-state index in [4.69, 9.17) is 5.26 Å². The Morgan fingerprint density at radius 1 is 1.50 bits per heavy atom. The van der Waals surface area contributed by atoms with E-state index in [-0.39, 0.29) is 5.92 Å². The molecule has 2 nitrogen and oxygen atoms in total. The van der Waals surface area contributed by atoms with Gasteiger partial charge in [0, 0.05) is 12.6 Å². The molecule has 0 aliphatic carbocycles. The number of nitrogens with zero attached hydrogens (tertiary/aromatic N) is 2. The highest BCUT2D eigenvalue weighted by molar-refractivity contribution is 4.89. The molecule has 56 valence electrons. The summed E-state index contributed by atoms with van der Waals surface area (Å²) >= 11 is 0. The van der Waals surface area contributed by atoms with Crippen LogP contribution in [0, 0.1) is 17.2 Å². The fourth-order valence-electron chi connectivity index (χ4n) is 1.39. The number of piperidine rings is 1. The molecule has 0 aromatic rings. The zero-order valence-electron chi connectivity index (χ0n) is 6.67. The number of likely N-dealkylation sites (tertiary alicyclic amines) is 1. The van der Waals surface area contributed by atoms with E-state index in [0.29, 0.717) is 6.04 Å². The van der Waals surface area contributed by atoms with Crippen molar-refractivity contribution in [2.45, 2.75) is 25.8 Å². The molecule has 0 amide bonds. The summed E-state index contributed by atoms with van der Waals surface area (Å²) in [6, 6.07) is 2.98. The molecule has 1 fully saturated rings. The van der Waals surface area contributed by atoms with Gasteiger partial charge in [0.15, 0.2) is 0 Å². The monoisotopic (exact) mass is 138 g/mol. The second-order valence-corrected chi connectivity index (χ2v) is 3.19. The molecule has 0 N–H and O–H groups in total. The maximum absolute atomic E-state index is 8.62. The highest BCUT2D eigenvalue weighted by Crippen LogP contribution is 2.18. The zero-order chi connectivity index (χ0) is 7.56. The second-order valence-electron chi connectivity index (χ2n) is 3.19. The lowest BCUT2D eigenvalue weighted by atomic mass is 9.95. The van der Waals surface area contributed by atoms with Crippen LogP contribution in [0.15, 0.2) is 0 Å². The molecule has 0 radical (unpaired) electrons. The first-order valence-corrected chi connectivity index (χ1v) is 3.84. The summed E-state index contributed by atoms with van der Waals surface area (Å²) < 4.78 is 0. The molecule has 1 aliphatic heterocycles. The molecule has 1 aliphatic rings. The van der Waals surface area contributed by atoms with Crippen LogP contribution < -0.4 is 0 Å². The molecular formula is C8H14N2. The molecule has 0 spiro atoms. The van der Waals surface area contributed by atoms with Crippen LogP contribution in [0.5, 0.6) is 0 Å². The van der Waals surface area contributed by atoms with Crippen molar-refractivity contribution in [2.24, 2.45) is 5.92 Å². The standard InChI is InChI=1S/C8H14N2/c1-7-3-4-8(5-9)6-10(7)2/h7-8H,3-4,6H2,1-2H3/t7-,8-/m1/s1. The van der Waals surface area contributed by atoms with Crippen LogP contribution in [0.25, 0.3) is 0 Å². The van der Waals surface area contributed by atoms with Gasteiger partial charge in [0.1, 0.15) is 0 Å². The van der Waals surface area contributed by atoms with Crippen LogP contribution in [0.1, 0.15) is 19.8 Å². The maximum atomic E-state index is 8.62. The Morgan fingerprint density at radius 3 is 2.70 bits per heavy atom. The Balaban J connectivity index is 2.42. The number of rotatable bonds is 0. The predicted molar refractivity (Wildman–Crippen MR) is 40.4 cm³/mol. The van der Waals surface area contributed by atoms with Crippen molar-refractivity contribution in [3.05, 3.63) is 0 Å². The van der Waals surface area contributed by atoms with Gasteiger partial charge < -0.3 is 4.90 Å². The van der Waals surface area contributed by atoms with Gasteiger partial charge in [-0.25, -0.2) is 0 Å². The summed E-state index contributed by atoms with van der Waals surface area (Å²) in [4.78, 5) is 2.26. The predicted octanol–water partition coefficient (Wildman–Crippen LogP) is 1.24. The summed E-state index contributed by atoms with van der Waals surface area (Å²) in [5, 5.41) is 8.62. The SMILES string of the molecule is C[C@@H]1CC[C@H](C#N)CN1C. The lowest BCUT2D eigenvalue weighted by Crippen LogP contribution is -2.38. The van der Waals surface area contributed by atoms with E-state index in [1.54, 1.807) is 0 Å². The number of hydrogen-bond acceptors (Lipinski definition) is 2. The molecule has 1 heterocycles. The number of hydrogen-bond donors (Lipinski definition) is 0. The highest BCUT2D eigenvalue weighted by atomic mass is 15.1. The normalized spacial score (nSPS) is 35.3. The van der Waals surface area contributed by atoms with Gasteiger partial charge in [-0.15, -0.1) is 0 Å². The van der Waals surface area contributed by atoms with Crippen LogP contribution in [-0.2, 0) is 0 Å². The summed E-state index contributed by atoms with van der Waals surface area (Å²) in [6.45, 7) is 3.17. The van der Waals surface area contributed by atoms with E-state index in [1.165, 1.54) is 6.42 Å². The third-order valence-electron chi connectivity index (χ3n) is 2.38. The van der Waals surface area contributed by atoms with Gasteiger partial charge in [-0.05, 0) is 26.8 Å². The first kappa shape index (κ1) is 7.56. The van der Waals surface area contributed by atoms with Gasteiger partial charge in [-0.3, -0.25) is 0 Å². The van der Waals surface area contributed by atoms with Gasteiger partial charge in [-0.1, -0.05) is 0 Å². The first-order valence-electron chi connectivity index (χ1n) is 3.84. The van der Waals surface area contributed by atoms with Crippen molar-refractivity contribution in [1.29, 1.82) is 5.26 Å². The van der Waals surface area contributed by atoms with Crippen LogP contribution >= 0.6 is 0 Å². The largest absolute Gasteiger partial charge is 0.302 e. The topological polar surface area (TPSA) is 27.0 Å². The molecular weight excluding hydrogens is 124 g/mol. The summed E-state index contributed by atoms with van der Waals surface area (Å²) in [5.74, 6) is 0.279. The minimum Gasteiger partial charge on any atom is -0.302 e. The van der Waals surface area contributed by atoms with Crippen LogP contribution in [0.3, 0.4) is 0 Å². The molecule has 1 rings (SSSR count). The Kier molecular flexibility index (Phi) is 2.29. The van der Waals surface area contributed by atoms with E-state index in [2.05, 4.69) is 24.9 Å². The smallest absolute Gasteiger partial charge is 0.0669 e.